The first-order chi connectivity index (χ1) is 6.72. The smallest absolute Gasteiger partial charge is 0.254 e. The fraction of sp³-hybridized carbons (Fsp3) is 0.400. The van der Waals surface area contributed by atoms with Crippen molar-refractivity contribution in [2.24, 2.45) is 5.73 Å². The molecule has 0 fully saturated rings. The van der Waals surface area contributed by atoms with Gasteiger partial charge >= 0.3 is 0 Å². The number of pyridine rings is 1. The summed E-state index contributed by atoms with van der Waals surface area (Å²) in [7, 11) is 1.50. The molecule has 4 heteroatoms. The topological polar surface area (TPSA) is 65.2 Å². The van der Waals surface area contributed by atoms with E-state index < -0.39 is 5.91 Å². The van der Waals surface area contributed by atoms with Crippen LogP contribution in [-0.4, -0.2) is 18.0 Å². The highest BCUT2D eigenvalue weighted by Crippen LogP contribution is 2.25. The molecule has 0 bridgehead atoms. The van der Waals surface area contributed by atoms with Crippen LogP contribution in [0.15, 0.2) is 6.07 Å². The molecule has 0 aliphatic heterocycles. The van der Waals surface area contributed by atoms with Gasteiger partial charge in [0.2, 0.25) is 5.88 Å². The molecule has 74 valence electrons. The molecule has 1 aliphatic carbocycles. The van der Waals surface area contributed by atoms with E-state index in [0.29, 0.717) is 11.4 Å². The minimum absolute atomic E-state index is 0.346. The molecule has 1 aromatic heterocycles. The maximum atomic E-state index is 11.1. The lowest BCUT2D eigenvalue weighted by molar-refractivity contribution is 0.0996. The van der Waals surface area contributed by atoms with Gasteiger partial charge in [0, 0.05) is 5.69 Å². The lowest BCUT2D eigenvalue weighted by Crippen LogP contribution is -2.14. The minimum atomic E-state index is -0.482. The molecule has 0 saturated carbocycles. The quantitative estimate of drug-likeness (QED) is 0.749. The van der Waals surface area contributed by atoms with Crippen molar-refractivity contribution in [3.63, 3.8) is 0 Å². The number of rotatable bonds is 2. The fourth-order valence-corrected chi connectivity index (χ4v) is 1.79. The summed E-state index contributed by atoms with van der Waals surface area (Å²) in [6, 6.07) is 1.80. The average Bonchev–Trinajstić information content (AvgIpc) is 2.62. The van der Waals surface area contributed by atoms with Crippen LogP contribution in [0.2, 0.25) is 0 Å². The van der Waals surface area contributed by atoms with Gasteiger partial charge in [-0.05, 0) is 30.9 Å². The number of carbonyl (C=O) groups is 1. The Bertz CT molecular complexity index is 388. The average molecular weight is 192 g/mol. The number of hydrogen-bond donors (Lipinski definition) is 1. The van der Waals surface area contributed by atoms with Gasteiger partial charge in [-0.25, -0.2) is 4.98 Å². The van der Waals surface area contributed by atoms with Crippen molar-refractivity contribution in [2.45, 2.75) is 19.3 Å². The summed E-state index contributed by atoms with van der Waals surface area (Å²) in [5.41, 5.74) is 7.77. The molecule has 2 N–H and O–H groups in total. The Kier molecular flexibility index (Phi) is 2.11. The third-order valence-electron chi connectivity index (χ3n) is 2.47. The van der Waals surface area contributed by atoms with Gasteiger partial charge in [0.1, 0.15) is 5.56 Å². The van der Waals surface area contributed by atoms with Crippen LogP contribution < -0.4 is 10.5 Å². The SMILES string of the molecule is COc1nc2c(cc1C(N)=O)CCC2. The van der Waals surface area contributed by atoms with Crippen molar-refractivity contribution >= 4 is 5.91 Å². The van der Waals surface area contributed by atoms with Crippen LogP contribution >= 0.6 is 0 Å². The first kappa shape index (κ1) is 8.99. The van der Waals surface area contributed by atoms with Crippen LogP contribution in [0.1, 0.15) is 28.0 Å². The van der Waals surface area contributed by atoms with Gasteiger partial charge < -0.3 is 10.5 Å². The second kappa shape index (κ2) is 3.29. The number of primary amides is 1. The highest BCUT2D eigenvalue weighted by molar-refractivity contribution is 5.95. The Morgan fingerprint density at radius 1 is 1.57 bits per heavy atom. The minimum Gasteiger partial charge on any atom is -0.480 e. The normalized spacial score (nSPS) is 13.8. The van der Waals surface area contributed by atoms with Crippen LogP contribution in [0, 0.1) is 0 Å². The van der Waals surface area contributed by atoms with Gasteiger partial charge in [-0.3, -0.25) is 4.79 Å². The summed E-state index contributed by atoms with van der Waals surface area (Å²) in [5.74, 6) is -0.137. The van der Waals surface area contributed by atoms with E-state index in [4.69, 9.17) is 10.5 Å². The van der Waals surface area contributed by atoms with E-state index in [9.17, 15) is 4.79 Å². The first-order valence-corrected chi connectivity index (χ1v) is 4.59. The van der Waals surface area contributed by atoms with Crippen molar-refractivity contribution in [1.82, 2.24) is 4.98 Å². The van der Waals surface area contributed by atoms with E-state index in [1.807, 2.05) is 0 Å². The molecule has 0 aromatic carbocycles. The maximum Gasteiger partial charge on any atom is 0.254 e. The third kappa shape index (κ3) is 1.32. The number of nitrogens with two attached hydrogens (primary N) is 1. The van der Waals surface area contributed by atoms with Gasteiger partial charge in [0.05, 0.1) is 7.11 Å². The number of amides is 1. The highest BCUT2D eigenvalue weighted by atomic mass is 16.5. The zero-order valence-corrected chi connectivity index (χ0v) is 8.04. The van der Waals surface area contributed by atoms with Crippen molar-refractivity contribution in [3.8, 4) is 5.88 Å². The van der Waals surface area contributed by atoms with Crippen molar-refractivity contribution in [2.75, 3.05) is 7.11 Å². The summed E-state index contributed by atoms with van der Waals surface area (Å²) in [6.07, 6.45) is 3.03. The van der Waals surface area contributed by atoms with Gasteiger partial charge in [-0.2, -0.15) is 0 Å². The van der Waals surface area contributed by atoms with Crippen LogP contribution in [-0.2, 0) is 12.8 Å². The molecular weight excluding hydrogens is 180 g/mol. The molecule has 1 amide bonds. The molecule has 1 aliphatic rings. The monoisotopic (exact) mass is 192 g/mol. The Balaban J connectivity index is 2.54. The Hall–Kier alpha value is -1.58. The zero-order chi connectivity index (χ0) is 10.1. The third-order valence-corrected chi connectivity index (χ3v) is 2.47. The molecule has 0 atom stereocenters. The standard InChI is InChI=1S/C10H12N2O2/c1-14-10-7(9(11)13)5-6-3-2-4-8(6)12-10/h5H,2-4H2,1H3,(H2,11,13). The number of methoxy groups -OCH3 is 1. The van der Waals surface area contributed by atoms with E-state index in [1.54, 1.807) is 6.07 Å². The molecule has 1 aromatic rings. The second-order valence-corrected chi connectivity index (χ2v) is 3.37. The maximum absolute atomic E-state index is 11.1. The molecule has 1 heterocycles. The Morgan fingerprint density at radius 2 is 2.36 bits per heavy atom. The molecule has 0 radical (unpaired) electrons. The summed E-state index contributed by atoms with van der Waals surface area (Å²) in [6.45, 7) is 0. The number of aromatic nitrogens is 1. The predicted molar refractivity (Wildman–Crippen MR) is 51.3 cm³/mol. The number of aryl methyl sites for hydroxylation is 2. The highest BCUT2D eigenvalue weighted by Gasteiger charge is 2.19. The van der Waals surface area contributed by atoms with Gasteiger partial charge in [-0.15, -0.1) is 0 Å². The molecule has 0 saturated heterocycles. The summed E-state index contributed by atoms with van der Waals surface area (Å²) in [4.78, 5) is 15.4. The molecule has 0 unspecified atom stereocenters. The number of carbonyl (C=O) groups excluding carboxylic acids is 1. The second-order valence-electron chi connectivity index (χ2n) is 3.37. The summed E-state index contributed by atoms with van der Waals surface area (Å²) >= 11 is 0. The van der Waals surface area contributed by atoms with Crippen LogP contribution in [0.5, 0.6) is 5.88 Å². The Morgan fingerprint density at radius 3 is 3.00 bits per heavy atom. The van der Waals surface area contributed by atoms with Gasteiger partial charge in [0.15, 0.2) is 0 Å². The fourth-order valence-electron chi connectivity index (χ4n) is 1.79. The van der Waals surface area contributed by atoms with Gasteiger partial charge in [0.25, 0.3) is 5.91 Å². The van der Waals surface area contributed by atoms with Crippen molar-refractivity contribution in [1.29, 1.82) is 0 Å². The predicted octanol–water partition coefficient (Wildman–Crippen LogP) is 0.678. The zero-order valence-electron chi connectivity index (χ0n) is 8.04. The number of hydrogen-bond acceptors (Lipinski definition) is 3. The van der Waals surface area contributed by atoms with E-state index in [-0.39, 0.29) is 0 Å². The number of fused-ring (bicyclic) bond motifs is 1. The Labute approximate surface area is 82.1 Å². The summed E-state index contributed by atoms with van der Waals surface area (Å²) < 4.78 is 5.02. The molecule has 4 nitrogen and oxygen atoms in total. The summed E-state index contributed by atoms with van der Waals surface area (Å²) in [5, 5.41) is 0. The molecule has 14 heavy (non-hydrogen) atoms. The van der Waals surface area contributed by atoms with Gasteiger partial charge in [-0.1, -0.05) is 0 Å². The molecule has 0 spiro atoms. The van der Waals surface area contributed by atoms with E-state index in [1.165, 1.54) is 7.11 Å². The largest absolute Gasteiger partial charge is 0.480 e. The van der Waals surface area contributed by atoms with Crippen LogP contribution in [0.3, 0.4) is 0 Å². The first-order valence-electron chi connectivity index (χ1n) is 4.59. The number of nitrogens with zero attached hydrogens (tertiary/aromatic N) is 1. The van der Waals surface area contributed by atoms with E-state index >= 15 is 0 Å². The van der Waals surface area contributed by atoms with Crippen LogP contribution in [0.25, 0.3) is 0 Å². The lowest BCUT2D eigenvalue weighted by Gasteiger charge is -2.07. The van der Waals surface area contributed by atoms with E-state index in [0.717, 1.165) is 30.5 Å². The van der Waals surface area contributed by atoms with Crippen molar-refractivity contribution in [3.05, 3.63) is 22.9 Å². The molecular formula is C10H12N2O2. The lowest BCUT2D eigenvalue weighted by atomic mass is 10.1. The van der Waals surface area contributed by atoms with Crippen LogP contribution in [0.4, 0.5) is 0 Å². The van der Waals surface area contributed by atoms with Crippen molar-refractivity contribution < 1.29 is 9.53 Å². The number of ether oxygens (including phenoxy) is 1. The molecule has 2 rings (SSSR count). The van der Waals surface area contributed by atoms with E-state index in [2.05, 4.69) is 4.98 Å².